The van der Waals surface area contributed by atoms with E-state index >= 15 is 0 Å². The number of benzene rings is 2. The number of piperazine rings is 1. The Morgan fingerprint density at radius 2 is 1.74 bits per heavy atom. The van der Waals surface area contributed by atoms with Gasteiger partial charge in [-0.3, -0.25) is 4.79 Å². The molecule has 0 radical (unpaired) electrons. The van der Waals surface area contributed by atoms with E-state index in [0.29, 0.717) is 25.2 Å². The van der Waals surface area contributed by atoms with Crippen LogP contribution in [0.5, 0.6) is 5.75 Å². The molecule has 1 aliphatic heterocycles. The summed E-state index contributed by atoms with van der Waals surface area (Å²) in [4.78, 5) is 17.9. The molecule has 7 nitrogen and oxygen atoms in total. The van der Waals surface area contributed by atoms with Gasteiger partial charge in [0.15, 0.2) is 0 Å². The number of likely N-dealkylation sites (N-methyl/N-ethyl adjacent to an activating group) is 1. The topological polar surface area (TPSA) is 70.8 Å². The van der Waals surface area contributed by atoms with Gasteiger partial charge in [0.05, 0.1) is 18.0 Å². The molecule has 3 aromatic rings. The molecule has 1 aromatic heterocycles. The molecule has 1 N–H and O–H groups in total. The standard InChI is InChI=1S/C25H26F2N4O3/c1-2-29-7-9-30(10-8-29)21-15-28-31(18-12-16(26)11-17(27)13-18)25(33)24(21)34-23-14-22(32)19-5-3-4-6-20(19)23/h3-6,11-13,15,22-23,32H,2,7-10,14H2,1H3. The van der Waals surface area contributed by atoms with Crippen LogP contribution in [0, 0.1) is 11.6 Å². The number of aliphatic hydroxyl groups is 1. The third kappa shape index (κ3) is 4.17. The van der Waals surface area contributed by atoms with Gasteiger partial charge in [0.25, 0.3) is 0 Å². The average molecular weight is 469 g/mol. The SMILES string of the molecule is CCN1CCN(c2cnn(-c3cc(F)cc(F)c3)c(=O)c2OC2CC(O)c3ccccc32)CC1. The van der Waals surface area contributed by atoms with E-state index in [1.807, 2.05) is 29.2 Å². The number of fused-ring (bicyclic) bond motifs is 1. The molecule has 2 heterocycles. The molecule has 1 saturated heterocycles. The van der Waals surface area contributed by atoms with E-state index in [2.05, 4.69) is 16.9 Å². The van der Waals surface area contributed by atoms with Crippen LogP contribution in [-0.4, -0.2) is 52.5 Å². The first-order chi connectivity index (χ1) is 16.4. The summed E-state index contributed by atoms with van der Waals surface area (Å²) in [5.41, 5.74) is 1.48. The number of halogens is 2. The van der Waals surface area contributed by atoms with Crippen molar-refractivity contribution >= 4 is 5.69 Å². The van der Waals surface area contributed by atoms with Crippen LogP contribution in [0.4, 0.5) is 14.5 Å². The van der Waals surface area contributed by atoms with Gasteiger partial charge in [-0.2, -0.15) is 9.78 Å². The molecular weight excluding hydrogens is 442 g/mol. The largest absolute Gasteiger partial charge is 0.478 e. The van der Waals surface area contributed by atoms with Crippen LogP contribution in [0.2, 0.25) is 0 Å². The molecule has 0 bridgehead atoms. The minimum atomic E-state index is -0.807. The first-order valence-corrected chi connectivity index (χ1v) is 11.4. The van der Waals surface area contributed by atoms with E-state index in [-0.39, 0.29) is 11.4 Å². The second kappa shape index (κ2) is 9.15. The molecule has 5 rings (SSSR count). The van der Waals surface area contributed by atoms with E-state index < -0.39 is 29.4 Å². The highest BCUT2D eigenvalue weighted by molar-refractivity contribution is 5.57. The van der Waals surface area contributed by atoms with Gasteiger partial charge in [-0.05, 0) is 29.8 Å². The minimum absolute atomic E-state index is 0.0263. The van der Waals surface area contributed by atoms with E-state index in [1.165, 1.54) is 6.20 Å². The third-order valence-corrected chi connectivity index (χ3v) is 6.57. The Balaban J connectivity index is 1.57. The van der Waals surface area contributed by atoms with Crippen molar-refractivity contribution in [2.75, 3.05) is 37.6 Å². The van der Waals surface area contributed by atoms with Gasteiger partial charge < -0.3 is 19.6 Å². The maximum absolute atomic E-state index is 13.9. The van der Waals surface area contributed by atoms with Gasteiger partial charge in [0.2, 0.25) is 5.75 Å². The molecule has 0 amide bonds. The number of hydrogen-bond acceptors (Lipinski definition) is 6. The third-order valence-electron chi connectivity index (χ3n) is 6.57. The summed E-state index contributed by atoms with van der Waals surface area (Å²) in [6.07, 6.45) is 0.589. The Morgan fingerprint density at radius 3 is 2.41 bits per heavy atom. The van der Waals surface area contributed by atoms with Crippen LogP contribution in [0.25, 0.3) is 5.69 Å². The predicted molar refractivity (Wildman–Crippen MR) is 123 cm³/mol. The van der Waals surface area contributed by atoms with Crippen molar-refractivity contribution in [2.45, 2.75) is 25.6 Å². The number of hydrogen-bond donors (Lipinski definition) is 1. The summed E-state index contributed by atoms with van der Waals surface area (Å²) < 4.78 is 35.0. The molecule has 34 heavy (non-hydrogen) atoms. The van der Waals surface area contributed by atoms with Crippen LogP contribution >= 0.6 is 0 Å². The fraction of sp³-hybridized carbons (Fsp3) is 0.360. The number of aliphatic hydroxyl groups excluding tert-OH is 1. The summed E-state index contributed by atoms with van der Waals surface area (Å²) in [6, 6.07) is 10.3. The van der Waals surface area contributed by atoms with Crippen molar-refractivity contribution in [1.82, 2.24) is 14.7 Å². The first-order valence-electron chi connectivity index (χ1n) is 11.4. The zero-order chi connectivity index (χ0) is 23.8. The molecule has 9 heteroatoms. The second-order valence-corrected chi connectivity index (χ2v) is 8.61. The normalized spacial score (nSPS) is 20.4. The highest BCUT2D eigenvalue weighted by atomic mass is 19.1. The van der Waals surface area contributed by atoms with Crippen LogP contribution < -0.4 is 15.2 Å². The van der Waals surface area contributed by atoms with Crippen molar-refractivity contribution in [3.63, 3.8) is 0 Å². The molecule has 0 spiro atoms. The molecule has 2 atom stereocenters. The zero-order valence-electron chi connectivity index (χ0n) is 18.8. The molecule has 2 aliphatic rings. The highest BCUT2D eigenvalue weighted by Gasteiger charge is 2.33. The number of nitrogens with zero attached hydrogens (tertiary/aromatic N) is 4. The Kier molecular flexibility index (Phi) is 6.05. The Labute approximate surface area is 195 Å². The highest BCUT2D eigenvalue weighted by Crippen LogP contribution is 2.42. The van der Waals surface area contributed by atoms with Crippen molar-refractivity contribution in [3.05, 3.63) is 81.8 Å². The van der Waals surface area contributed by atoms with Crippen molar-refractivity contribution in [1.29, 1.82) is 0 Å². The molecule has 1 aliphatic carbocycles. The maximum atomic E-state index is 13.9. The molecule has 2 aromatic carbocycles. The summed E-state index contributed by atoms with van der Waals surface area (Å²) in [5, 5.41) is 14.7. The van der Waals surface area contributed by atoms with Gasteiger partial charge in [0, 0.05) is 38.7 Å². The smallest absolute Gasteiger partial charge is 0.316 e. The van der Waals surface area contributed by atoms with Crippen molar-refractivity contribution < 1.29 is 18.6 Å². The fourth-order valence-corrected chi connectivity index (χ4v) is 4.73. The zero-order valence-corrected chi connectivity index (χ0v) is 18.8. The molecular formula is C25H26F2N4O3. The minimum Gasteiger partial charge on any atom is -0.478 e. The molecule has 1 fully saturated rings. The van der Waals surface area contributed by atoms with Gasteiger partial charge in [-0.1, -0.05) is 31.2 Å². The van der Waals surface area contributed by atoms with Crippen LogP contribution in [-0.2, 0) is 0 Å². The monoisotopic (exact) mass is 468 g/mol. The van der Waals surface area contributed by atoms with Crippen LogP contribution in [0.15, 0.2) is 53.5 Å². The number of ether oxygens (including phenoxy) is 1. The van der Waals surface area contributed by atoms with Crippen LogP contribution in [0.1, 0.15) is 36.7 Å². The average Bonchev–Trinajstić information content (AvgIpc) is 3.15. The summed E-state index contributed by atoms with van der Waals surface area (Å²) in [5.74, 6) is -1.56. The first kappa shape index (κ1) is 22.5. The van der Waals surface area contributed by atoms with Crippen molar-refractivity contribution in [2.24, 2.45) is 0 Å². The maximum Gasteiger partial charge on any atom is 0.316 e. The Morgan fingerprint density at radius 1 is 1.06 bits per heavy atom. The van der Waals surface area contributed by atoms with E-state index in [9.17, 15) is 18.7 Å². The van der Waals surface area contributed by atoms with E-state index in [0.717, 1.165) is 53.6 Å². The number of anilines is 1. The molecule has 0 saturated carbocycles. The summed E-state index contributed by atoms with van der Waals surface area (Å²) in [7, 11) is 0. The summed E-state index contributed by atoms with van der Waals surface area (Å²) in [6.45, 7) is 6.09. The lowest BCUT2D eigenvalue weighted by atomic mass is 10.1. The Bertz CT molecular complexity index is 1240. The quantitative estimate of drug-likeness (QED) is 0.620. The fourth-order valence-electron chi connectivity index (χ4n) is 4.73. The van der Waals surface area contributed by atoms with E-state index in [4.69, 9.17) is 4.74 Å². The lowest BCUT2D eigenvalue weighted by Gasteiger charge is -2.36. The predicted octanol–water partition coefficient (Wildman–Crippen LogP) is 3.21. The lowest BCUT2D eigenvalue weighted by molar-refractivity contribution is 0.119. The molecule has 2 unspecified atom stereocenters. The van der Waals surface area contributed by atoms with Gasteiger partial charge in [-0.25, -0.2) is 8.78 Å². The van der Waals surface area contributed by atoms with Gasteiger partial charge >= 0.3 is 5.56 Å². The number of rotatable bonds is 5. The summed E-state index contributed by atoms with van der Waals surface area (Å²) >= 11 is 0. The van der Waals surface area contributed by atoms with Gasteiger partial charge in [0.1, 0.15) is 23.4 Å². The van der Waals surface area contributed by atoms with Crippen LogP contribution in [0.3, 0.4) is 0 Å². The van der Waals surface area contributed by atoms with E-state index in [1.54, 1.807) is 0 Å². The van der Waals surface area contributed by atoms with Crippen molar-refractivity contribution in [3.8, 4) is 11.4 Å². The lowest BCUT2D eigenvalue weighted by Crippen LogP contribution is -2.46. The van der Waals surface area contributed by atoms with Gasteiger partial charge in [-0.15, -0.1) is 0 Å². The number of aromatic nitrogens is 2. The Hall–Kier alpha value is -3.30. The second-order valence-electron chi connectivity index (χ2n) is 8.61. The molecule has 178 valence electrons.